The largest absolute Gasteiger partial charge is 0.486 e. The summed E-state index contributed by atoms with van der Waals surface area (Å²) < 4.78 is 5.20. The van der Waals surface area contributed by atoms with E-state index in [9.17, 15) is 9.59 Å². The smallest absolute Gasteiger partial charge is 0.258 e. The summed E-state index contributed by atoms with van der Waals surface area (Å²) in [5.74, 6) is 0.580. The molecule has 0 radical (unpaired) electrons. The Hall–Kier alpha value is -2.62. The van der Waals surface area contributed by atoms with Crippen molar-refractivity contribution >= 4 is 17.9 Å². The lowest BCUT2D eigenvalue weighted by Crippen LogP contribution is -2.35. The van der Waals surface area contributed by atoms with Crippen LogP contribution in [0, 0.1) is 0 Å². The van der Waals surface area contributed by atoms with Crippen LogP contribution in [-0.4, -0.2) is 25.3 Å². The third kappa shape index (κ3) is 2.86. The number of para-hydroxylation sites is 1. The highest BCUT2D eigenvalue weighted by Gasteiger charge is 2.23. The molecule has 2 aromatic rings. The molecule has 1 aliphatic rings. The number of anilines is 1. The molecular weight excluding hydrogens is 278 g/mol. The summed E-state index contributed by atoms with van der Waals surface area (Å²) in [7, 11) is 0. The zero-order valence-electron chi connectivity index (χ0n) is 12.2. The molecule has 3 rings (SSSR count). The number of fused-ring (bicyclic) bond motifs is 1. The van der Waals surface area contributed by atoms with Gasteiger partial charge in [0.1, 0.15) is 12.4 Å². The van der Waals surface area contributed by atoms with Gasteiger partial charge >= 0.3 is 0 Å². The SMILES string of the molecule is O=CCOc1ccc(C(=O)N2CCCc3ccccc32)cc1. The lowest BCUT2D eigenvalue weighted by atomic mass is 10.0. The average molecular weight is 295 g/mol. The van der Waals surface area contributed by atoms with Gasteiger partial charge in [-0.1, -0.05) is 18.2 Å². The molecule has 0 saturated carbocycles. The molecule has 22 heavy (non-hydrogen) atoms. The van der Waals surface area contributed by atoms with E-state index in [-0.39, 0.29) is 12.5 Å². The van der Waals surface area contributed by atoms with E-state index in [1.165, 1.54) is 5.56 Å². The molecule has 0 fully saturated rings. The van der Waals surface area contributed by atoms with Crippen LogP contribution < -0.4 is 9.64 Å². The fourth-order valence-corrected chi connectivity index (χ4v) is 2.72. The second-order valence-corrected chi connectivity index (χ2v) is 5.19. The zero-order valence-corrected chi connectivity index (χ0v) is 12.2. The fourth-order valence-electron chi connectivity index (χ4n) is 2.72. The van der Waals surface area contributed by atoms with E-state index in [4.69, 9.17) is 4.74 Å². The van der Waals surface area contributed by atoms with Gasteiger partial charge in [0.2, 0.25) is 0 Å². The monoisotopic (exact) mass is 295 g/mol. The molecule has 1 heterocycles. The first-order chi connectivity index (χ1) is 10.8. The lowest BCUT2D eigenvalue weighted by Gasteiger charge is -2.29. The molecule has 0 aromatic heterocycles. The van der Waals surface area contributed by atoms with Gasteiger partial charge in [-0.25, -0.2) is 0 Å². The predicted octanol–water partition coefficient (Wildman–Crippen LogP) is 2.86. The Morgan fingerprint density at radius 2 is 1.91 bits per heavy atom. The average Bonchev–Trinajstić information content (AvgIpc) is 2.59. The molecule has 1 amide bonds. The van der Waals surface area contributed by atoms with E-state index in [2.05, 4.69) is 6.07 Å². The number of rotatable bonds is 4. The number of hydrogen-bond donors (Lipinski definition) is 0. The predicted molar refractivity (Wildman–Crippen MR) is 84.4 cm³/mol. The maximum atomic E-state index is 12.7. The summed E-state index contributed by atoms with van der Waals surface area (Å²) in [5.41, 5.74) is 2.84. The number of carbonyl (C=O) groups is 2. The Bertz CT molecular complexity index is 679. The van der Waals surface area contributed by atoms with E-state index in [0.717, 1.165) is 25.1 Å². The minimum atomic E-state index is -0.00547. The van der Waals surface area contributed by atoms with Gasteiger partial charge in [0.05, 0.1) is 0 Å². The molecule has 4 nitrogen and oxygen atoms in total. The Balaban J connectivity index is 1.81. The molecule has 0 aliphatic carbocycles. The van der Waals surface area contributed by atoms with Gasteiger partial charge in [0, 0.05) is 17.8 Å². The third-order valence-electron chi connectivity index (χ3n) is 3.77. The van der Waals surface area contributed by atoms with Gasteiger partial charge in [-0.3, -0.25) is 9.59 Å². The van der Waals surface area contributed by atoms with Crippen molar-refractivity contribution in [3.05, 3.63) is 59.7 Å². The molecule has 112 valence electrons. The van der Waals surface area contributed by atoms with Gasteiger partial charge in [-0.15, -0.1) is 0 Å². The molecule has 2 aromatic carbocycles. The number of aryl methyl sites for hydroxylation is 1. The van der Waals surface area contributed by atoms with Crippen molar-refractivity contribution in [2.24, 2.45) is 0 Å². The number of nitrogens with zero attached hydrogens (tertiary/aromatic N) is 1. The molecule has 0 saturated heterocycles. The quantitative estimate of drug-likeness (QED) is 0.815. The number of amides is 1. The van der Waals surface area contributed by atoms with E-state index in [0.29, 0.717) is 17.6 Å². The number of benzene rings is 2. The first-order valence-electron chi connectivity index (χ1n) is 7.36. The van der Waals surface area contributed by atoms with E-state index in [1.807, 2.05) is 23.1 Å². The Morgan fingerprint density at radius 3 is 2.68 bits per heavy atom. The van der Waals surface area contributed by atoms with Crippen LogP contribution in [-0.2, 0) is 11.2 Å². The lowest BCUT2D eigenvalue weighted by molar-refractivity contribution is -0.109. The molecule has 0 spiro atoms. The normalized spacial score (nSPS) is 13.4. The fraction of sp³-hybridized carbons (Fsp3) is 0.222. The van der Waals surface area contributed by atoms with Crippen LogP contribution in [0.4, 0.5) is 5.69 Å². The van der Waals surface area contributed by atoms with Gasteiger partial charge < -0.3 is 9.64 Å². The minimum absolute atomic E-state index is 0.00547. The van der Waals surface area contributed by atoms with Gasteiger partial charge in [0.15, 0.2) is 6.29 Å². The Kier molecular flexibility index (Phi) is 4.19. The van der Waals surface area contributed by atoms with Crippen LogP contribution in [0.3, 0.4) is 0 Å². The standard InChI is InChI=1S/C18H17NO3/c20-12-13-22-16-9-7-15(8-10-16)18(21)19-11-3-5-14-4-1-2-6-17(14)19/h1-2,4,6-10,12H,3,5,11,13H2. The molecule has 4 heteroatoms. The second kappa shape index (κ2) is 6.43. The van der Waals surface area contributed by atoms with E-state index >= 15 is 0 Å². The first kappa shape index (κ1) is 14.3. The number of ether oxygens (including phenoxy) is 1. The van der Waals surface area contributed by atoms with E-state index in [1.54, 1.807) is 24.3 Å². The van der Waals surface area contributed by atoms with Crippen molar-refractivity contribution in [1.29, 1.82) is 0 Å². The summed E-state index contributed by atoms with van der Waals surface area (Å²) in [6.07, 6.45) is 2.69. The van der Waals surface area contributed by atoms with Crippen molar-refractivity contribution in [3.8, 4) is 5.75 Å². The van der Waals surface area contributed by atoms with Crippen molar-refractivity contribution < 1.29 is 14.3 Å². The van der Waals surface area contributed by atoms with Crippen molar-refractivity contribution in [2.45, 2.75) is 12.8 Å². The van der Waals surface area contributed by atoms with Gasteiger partial charge in [-0.05, 0) is 48.7 Å². The topological polar surface area (TPSA) is 46.6 Å². The van der Waals surface area contributed by atoms with Crippen molar-refractivity contribution in [2.75, 3.05) is 18.1 Å². The second-order valence-electron chi connectivity index (χ2n) is 5.19. The van der Waals surface area contributed by atoms with E-state index < -0.39 is 0 Å². The molecular formula is C18H17NO3. The Labute approximate surface area is 129 Å². The third-order valence-corrected chi connectivity index (χ3v) is 3.77. The zero-order chi connectivity index (χ0) is 15.4. The summed E-state index contributed by atoms with van der Waals surface area (Å²) in [6.45, 7) is 0.756. The van der Waals surface area contributed by atoms with Gasteiger partial charge in [-0.2, -0.15) is 0 Å². The van der Waals surface area contributed by atoms with Crippen LogP contribution in [0.15, 0.2) is 48.5 Å². The maximum absolute atomic E-state index is 12.7. The summed E-state index contributed by atoms with van der Waals surface area (Å²) in [4.78, 5) is 24.8. The highest BCUT2D eigenvalue weighted by atomic mass is 16.5. The first-order valence-corrected chi connectivity index (χ1v) is 7.36. The number of carbonyl (C=O) groups excluding carboxylic acids is 2. The van der Waals surface area contributed by atoms with Crippen LogP contribution in [0.1, 0.15) is 22.3 Å². The maximum Gasteiger partial charge on any atom is 0.258 e. The Morgan fingerprint density at radius 1 is 1.14 bits per heavy atom. The minimum Gasteiger partial charge on any atom is -0.486 e. The molecule has 0 N–H and O–H groups in total. The molecule has 0 bridgehead atoms. The van der Waals surface area contributed by atoms with Crippen LogP contribution in [0.5, 0.6) is 5.75 Å². The van der Waals surface area contributed by atoms with Crippen LogP contribution in [0.2, 0.25) is 0 Å². The van der Waals surface area contributed by atoms with Crippen LogP contribution in [0.25, 0.3) is 0 Å². The number of aldehydes is 1. The van der Waals surface area contributed by atoms with Crippen molar-refractivity contribution in [3.63, 3.8) is 0 Å². The summed E-state index contributed by atoms with van der Waals surface area (Å²) in [6, 6.07) is 14.9. The van der Waals surface area contributed by atoms with Crippen molar-refractivity contribution in [1.82, 2.24) is 0 Å². The highest BCUT2D eigenvalue weighted by Crippen LogP contribution is 2.28. The molecule has 0 atom stereocenters. The summed E-state index contributed by atoms with van der Waals surface area (Å²) >= 11 is 0. The number of hydrogen-bond acceptors (Lipinski definition) is 3. The molecule has 1 aliphatic heterocycles. The highest BCUT2D eigenvalue weighted by molar-refractivity contribution is 6.06. The van der Waals surface area contributed by atoms with Crippen LogP contribution >= 0.6 is 0 Å². The molecule has 0 unspecified atom stereocenters. The van der Waals surface area contributed by atoms with Gasteiger partial charge in [0.25, 0.3) is 5.91 Å². The summed E-state index contributed by atoms with van der Waals surface area (Å²) in [5, 5.41) is 0.